The van der Waals surface area contributed by atoms with Crippen molar-refractivity contribution >= 4 is 58.2 Å². The fourth-order valence-corrected chi connectivity index (χ4v) is 3.93. The molecule has 7 heteroatoms. The predicted molar refractivity (Wildman–Crippen MR) is 88.5 cm³/mol. The summed E-state index contributed by atoms with van der Waals surface area (Å²) in [6, 6.07) is 3.12. The second-order valence-electron chi connectivity index (χ2n) is 4.55. The highest BCUT2D eigenvalue weighted by Gasteiger charge is 2.16. The van der Waals surface area contributed by atoms with Crippen LogP contribution in [0.3, 0.4) is 0 Å². The molecule has 1 aromatic rings. The van der Waals surface area contributed by atoms with E-state index in [0.29, 0.717) is 31.8 Å². The first kappa shape index (κ1) is 16.2. The lowest BCUT2D eigenvalue weighted by molar-refractivity contribution is -0.113. The van der Waals surface area contributed by atoms with E-state index in [1.54, 1.807) is 23.9 Å². The summed E-state index contributed by atoms with van der Waals surface area (Å²) in [5.74, 6) is 0.305. The van der Waals surface area contributed by atoms with Gasteiger partial charge in [0, 0.05) is 10.3 Å². The summed E-state index contributed by atoms with van der Waals surface area (Å²) in [6.45, 7) is 2.04. The Bertz CT molecular complexity index is 469. The summed E-state index contributed by atoms with van der Waals surface area (Å²) in [5.41, 5.74) is 0.425. The first-order valence-electron chi connectivity index (χ1n) is 6.33. The number of benzene rings is 1. The number of halogens is 3. The maximum atomic E-state index is 11.9. The number of hydrogen-bond acceptors (Lipinski definition) is 3. The number of anilines is 1. The Balaban J connectivity index is 1.88. The largest absolute Gasteiger partial charge is 0.323 e. The van der Waals surface area contributed by atoms with Crippen LogP contribution in [0.15, 0.2) is 12.1 Å². The minimum atomic E-state index is -0.0975. The first-order valence-corrected chi connectivity index (χ1v) is 8.51. The van der Waals surface area contributed by atoms with Gasteiger partial charge in [0.05, 0.1) is 21.5 Å². The molecule has 1 aliphatic heterocycles. The molecule has 0 bridgehead atoms. The van der Waals surface area contributed by atoms with E-state index >= 15 is 0 Å². The molecule has 0 aromatic heterocycles. The fourth-order valence-electron chi connectivity index (χ4n) is 1.99. The highest BCUT2D eigenvalue weighted by molar-refractivity contribution is 8.00. The van der Waals surface area contributed by atoms with Gasteiger partial charge in [0.25, 0.3) is 0 Å². The summed E-state index contributed by atoms with van der Waals surface area (Å²) in [5, 5.41) is 7.73. The fraction of sp³-hybridized carbons (Fsp3) is 0.462. The first-order chi connectivity index (χ1) is 9.56. The number of amides is 1. The second kappa shape index (κ2) is 7.76. The molecule has 1 aliphatic rings. The summed E-state index contributed by atoms with van der Waals surface area (Å²) >= 11 is 19.6. The highest BCUT2D eigenvalue weighted by atomic mass is 35.5. The monoisotopic (exact) mass is 352 g/mol. The predicted octanol–water partition coefficient (Wildman–Crippen LogP) is 4.07. The Kier molecular flexibility index (Phi) is 6.30. The number of hydrogen-bond donors (Lipinski definition) is 2. The Labute approximate surface area is 137 Å². The molecule has 3 nitrogen and oxygen atoms in total. The lowest BCUT2D eigenvalue weighted by Crippen LogP contribution is -2.30. The maximum Gasteiger partial charge on any atom is 0.234 e. The van der Waals surface area contributed by atoms with Crippen molar-refractivity contribution < 1.29 is 4.79 Å². The number of nitrogens with one attached hydrogen (secondary N) is 2. The maximum absolute atomic E-state index is 11.9. The van der Waals surface area contributed by atoms with Crippen LogP contribution in [0, 0.1) is 0 Å². The number of thioether (sulfide) groups is 1. The van der Waals surface area contributed by atoms with Crippen molar-refractivity contribution in [3.63, 3.8) is 0 Å². The lowest BCUT2D eigenvalue weighted by atomic mass is 10.2. The van der Waals surface area contributed by atoms with Crippen molar-refractivity contribution in [3.8, 4) is 0 Å². The van der Waals surface area contributed by atoms with Gasteiger partial charge in [-0.2, -0.15) is 0 Å². The Morgan fingerprint density at radius 3 is 2.45 bits per heavy atom. The standard InChI is InChI=1S/C13H15Cl3N2OS/c14-8-5-10(15)13(11(16)6-8)18-12(19)7-20-9-1-3-17-4-2-9/h5-6,9,17H,1-4,7H2,(H,18,19). The normalized spacial score (nSPS) is 16.1. The molecule has 1 fully saturated rings. The van der Waals surface area contributed by atoms with Crippen LogP contribution in [0.5, 0.6) is 0 Å². The van der Waals surface area contributed by atoms with Gasteiger partial charge in [-0.25, -0.2) is 0 Å². The van der Waals surface area contributed by atoms with Gasteiger partial charge < -0.3 is 10.6 Å². The molecule has 2 rings (SSSR count). The van der Waals surface area contributed by atoms with Gasteiger partial charge >= 0.3 is 0 Å². The van der Waals surface area contributed by atoms with Crippen LogP contribution in [0.2, 0.25) is 15.1 Å². The van der Waals surface area contributed by atoms with E-state index in [-0.39, 0.29) is 5.91 Å². The minimum absolute atomic E-state index is 0.0975. The van der Waals surface area contributed by atoms with Crippen LogP contribution in [0.4, 0.5) is 5.69 Å². The second-order valence-corrected chi connectivity index (χ2v) is 7.09. The third-order valence-electron chi connectivity index (χ3n) is 3.01. The molecule has 0 spiro atoms. The van der Waals surface area contributed by atoms with Gasteiger partial charge in [0.1, 0.15) is 0 Å². The Morgan fingerprint density at radius 2 is 1.85 bits per heavy atom. The van der Waals surface area contributed by atoms with Crippen molar-refractivity contribution in [2.45, 2.75) is 18.1 Å². The third kappa shape index (κ3) is 4.71. The third-order valence-corrected chi connectivity index (χ3v) is 5.19. The van der Waals surface area contributed by atoms with E-state index in [1.807, 2.05) is 0 Å². The van der Waals surface area contributed by atoms with Crippen molar-refractivity contribution in [1.82, 2.24) is 5.32 Å². The molecule has 2 N–H and O–H groups in total. The molecule has 1 aromatic carbocycles. The zero-order valence-corrected chi connectivity index (χ0v) is 13.8. The van der Waals surface area contributed by atoms with Crippen molar-refractivity contribution in [2.24, 2.45) is 0 Å². The highest BCUT2D eigenvalue weighted by Crippen LogP contribution is 2.33. The molecule has 0 saturated carbocycles. The van der Waals surface area contributed by atoms with E-state index in [9.17, 15) is 4.79 Å². The Morgan fingerprint density at radius 1 is 1.25 bits per heavy atom. The SMILES string of the molecule is O=C(CSC1CCNCC1)Nc1c(Cl)cc(Cl)cc1Cl. The van der Waals surface area contributed by atoms with E-state index < -0.39 is 0 Å². The van der Waals surface area contributed by atoms with Crippen LogP contribution < -0.4 is 10.6 Å². The molecule has 0 unspecified atom stereocenters. The molecule has 1 amide bonds. The average Bonchev–Trinajstić information content (AvgIpc) is 2.42. The van der Waals surface area contributed by atoms with E-state index in [4.69, 9.17) is 34.8 Å². The molecule has 20 heavy (non-hydrogen) atoms. The molecule has 0 radical (unpaired) electrons. The number of rotatable bonds is 4. The summed E-state index contributed by atoms with van der Waals surface area (Å²) in [6.07, 6.45) is 2.20. The van der Waals surface area contributed by atoms with Crippen LogP contribution in [0.25, 0.3) is 0 Å². The molecule has 0 aliphatic carbocycles. The summed E-state index contributed by atoms with van der Waals surface area (Å²) in [7, 11) is 0. The van der Waals surface area contributed by atoms with E-state index in [1.165, 1.54) is 0 Å². The quantitative estimate of drug-likeness (QED) is 0.857. The lowest BCUT2D eigenvalue weighted by Gasteiger charge is -2.21. The Hall–Kier alpha value is -0.130. The van der Waals surface area contributed by atoms with E-state index in [0.717, 1.165) is 25.9 Å². The van der Waals surface area contributed by atoms with Gasteiger partial charge in [-0.1, -0.05) is 34.8 Å². The number of carbonyl (C=O) groups is 1. The van der Waals surface area contributed by atoms with Gasteiger partial charge in [0.2, 0.25) is 5.91 Å². The van der Waals surface area contributed by atoms with Gasteiger partial charge in [-0.05, 0) is 38.1 Å². The number of piperidine rings is 1. The van der Waals surface area contributed by atoms with Crippen molar-refractivity contribution in [1.29, 1.82) is 0 Å². The van der Waals surface area contributed by atoms with Crippen molar-refractivity contribution in [2.75, 3.05) is 24.2 Å². The average molecular weight is 354 g/mol. The van der Waals surface area contributed by atoms with Gasteiger partial charge in [0.15, 0.2) is 0 Å². The molecular formula is C13H15Cl3N2OS. The summed E-state index contributed by atoms with van der Waals surface area (Å²) < 4.78 is 0. The van der Waals surface area contributed by atoms with Crippen LogP contribution in [-0.4, -0.2) is 30.0 Å². The minimum Gasteiger partial charge on any atom is -0.323 e. The van der Waals surface area contributed by atoms with Crippen LogP contribution in [-0.2, 0) is 4.79 Å². The topological polar surface area (TPSA) is 41.1 Å². The van der Waals surface area contributed by atoms with E-state index in [2.05, 4.69) is 10.6 Å². The molecule has 1 heterocycles. The smallest absolute Gasteiger partial charge is 0.234 e. The molecule has 110 valence electrons. The zero-order chi connectivity index (χ0) is 14.5. The van der Waals surface area contributed by atoms with Crippen molar-refractivity contribution in [3.05, 3.63) is 27.2 Å². The summed E-state index contributed by atoms with van der Waals surface area (Å²) in [4.78, 5) is 11.9. The van der Waals surface area contributed by atoms with Crippen LogP contribution >= 0.6 is 46.6 Å². The van der Waals surface area contributed by atoms with Gasteiger partial charge in [-0.15, -0.1) is 11.8 Å². The van der Waals surface area contributed by atoms with Gasteiger partial charge in [-0.3, -0.25) is 4.79 Å². The van der Waals surface area contributed by atoms with Crippen LogP contribution in [0.1, 0.15) is 12.8 Å². The molecular weight excluding hydrogens is 339 g/mol. The zero-order valence-electron chi connectivity index (χ0n) is 10.7. The number of carbonyl (C=O) groups excluding carboxylic acids is 1. The molecule has 1 saturated heterocycles. The molecule has 0 atom stereocenters.